The Labute approximate surface area is 362 Å². The van der Waals surface area contributed by atoms with Crippen LogP contribution < -0.4 is 4.90 Å². The summed E-state index contributed by atoms with van der Waals surface area (Å²) in [6.07, 6.45) is 0. The Balaban J connectivity index is 1.15. The van der Waals surface area contributed by atoms with E-state index >= 15 is 0 Å². The van der Waals surface area contributed by atoms with E-state index in [1.165, 1.54) is 71.9 Å². The first-order valence-electron chi connectivity index (χ1n) is 21.3. The van der Waals surface area contributed by atoms with Gasteiger partial charge in [0.25, 0.3) is 0 Å². The molecule has 0 N–H and O–H groups in total. The van der Waals surface area contributed by atoms with E-state index in [4.69, 9.17) is 0 Å². The average Bonchev–Trinajstić information content (AvgIpc) is 3.70. The quantitative estimate of drug-likeness (QED) is 0.141. The molecule has 62 heavy (non-hydrogen) atoms. The molecule has 0 saturated heterocycles. The van der Waals surface area contributed by atoms with Gasteiger partial charge in [-0.1, -0.05) is 200 Å². The van der Waals surface area contributed by atoms with Gasteiger partial charge in [-0.3, -0.25) is 0 Å². The zero-order chi connectivity index (χ0) is 41.2. The fourth-order valence-corrected chi connectivity index (χ4v) is 9.15. The lowest BCUT2D eigenvalue weighted by molar-refractivity contribution is 1.17. The lowest BCUT2D eigenvalue weighted by Gasteiger charge is -2.30. The summed E-state index contributed by atoms with van der Waals surface area (Å²) >= 11 is 0. The highest BCUT2D eigenvalue weighted by Gasteiger charge is 2.23. The first-order valence-corrected chi connectivity index (χ1v) is 21.3. The van der Waals surface area contributed by atoms with Crippen molar-refractivity contribution in [2.75, 3.05) is 4.90 Å². The van der Waals surface area contributed by atoms with Gasteiger partial charge in [0.05, 0.1) is 16.7 Å². The summed E-state index contributed by atoms with van der Waals surface area (Å²) < 4.78 is 2.40. The topological polar surface area (TPSA) is 8.17 Å². The Hall–Kier alpha value is -8.20. The van der Waals surface area contributed by atoms with Gasteiger partial charge in [0, 0.05) is 33.4 Å². The summed E-state index contributed by atoms with van der Waals surface area (Å²) in [5, 5.41) is 2.49. The SMILES string of the molecule is c1ccc(-c2cccc(-c3ccc(N(c4cccc(-n5c6ccccc6c6ccccc65)c4)c4cccc(-c5ccccc5)c4-c4ccccc4-c4ccccc4)cc3)c2)cc1. The second-order valence-corrected chi connectivity index (χ2v) is 15.7. The number of hydrogen-bond donors (Lipinski definition) is 0. The van der Waals surface area contributed by atoms with E-state index in [9.17, 15) is 0 Å². The van der Waals surface area contributed by atoms with Gasteiger partial charge >= 0.3 is 0 Å². The summed E-state index contributed by atoms with van der Waals surface area (Å²) in [5.74, 6) is 0. The van der Waals surface area contributed by atoms with Crippen molar-refractivity contribution in [1.82, 2.24) is 4.57 Å². The van der Waals surface area contributed by atoms with Crippen molar-refractivity contribution in [3.05, 3.63) is 255 Å². The largest absolute Gasteiger partial charge is 0.310 e. The van der Waals surface area contributed by atoms with Crippen LogP contribution in [0.5, 0.6) is 0 Å². The molecule has 11 aromatic rings. The van der Waals surface area contributed by atoms with Crippen LogP contribution >= 0.6 is 0 Å². The van der Waals surface area contributed by atoms with Crippen molar-refractivity contribution in [2.45, 2.75) is 0 Å². The van der Waals surface area contributed by atoms with E-state index in [2.05, 4.69) is 264 Å². The molecule has 11 rings (SSSR count). The van der Waals surface area contributed by atoms with Gasteiger partial charge in [0.15, 0.2) is 0 Å². The second kappa shape index (κ2) is 16.1. The standard InChI is InChI=1S/C60H42N2/c1-4-19-43(20-5-1)47-25-16-26-48(41-47)44-37-39-49(40-38-44)61(50-27-17-28-51(42-50)62-57-34-14-12-30-54(57)55-31-13-15-35-58(55)62)59-36-18-33-53(46-23-8-3-9-24-46)60(59)56-32-11-10-29-52(56)45-21-6-2-7-22-45/h1-42H. The fourth-order valence-electron chi connectivity index (χ4n) is 9.15. The Bertz CT molecular complexity index is 3280. The molecule has 0 aliphatic heterocycles. The molecule has 10 aromatic carbocycles. The summed E-state index contributed by atoms with van der Waals surface area (Å²) in [6, 6.07) is 92.2. The summed E-state index contributed by atoms with van der Waals surface area (Å²) in [6.45, 7) is 0. The van der Waals surface area contributed by atoms with Crippen molar-refractivity contribution in [3.63, 3.8) is 0 Å². The first kappa shape index (κ1) is 36.8. The zero-order valence-corrected chi connectivity index (χ0v) is 34.1. The number of benzene rings is 10. The van der Waals surface area contributed by atoms with Crippen LogP contribution in [0.15, 0.2) is 255 Å². The lowest BCUT2D eigenvalue weighted by atomic mass is 9.87. The summed E-state index contributed by atoms with van der Waals surface area (Å²) in [4.78, 5) is 2.45. The summed E-state index contributed by atoms with van der Waals surface area (Å²) in [7, 11) is 0. The molecule has 1 aromatic heterocycles. The molecule has 2 nitrogen and oxygen atoms in total. The minimum absolute atomic E-state index is 1.06. The van der Waals surface area contributed by atoms with Crippen LogP contribution in [0.4, 0.5) is 17.1 Å². The van der Waals surface area contributed by atoms with Crippen molar-refractivity contribution in [3.8, 4) is 61.3 Å². The summed E-state index contributed by atoms with van der Waals surface area (Å²) in [5.41, 5.74) is 18.5. The highest BCUT2D eigenvalue weighted by molar-refractivity contribution is 6.09. The van der Waals surface area contributed by atoms with Crippen molar-refractivity contribution in [2.24, 2.45) is 0 Å². The van der Waals surface area contributed by atoms with Gasteiger partial charge in [-0.15, -0.1) is 0 Å². The number of aromatic nitrogens is 1. The maximum absolute atomic E-state index is 2.45. The van der Waals surface area contributed by atoms with Gasteiger partial charge in [-0.2, -0.15) is 0 Å². The second-order valence-electron chi connectivity index (χ2n) is 15.7. The fraction of sp³-hybridized carbons (Fsp3) is 0. The smallest absolute Gasteiger partial charge is 0.0546 e. The van der Waals surface area contributed by atoms with Crippen LogP contribution in [0.2, 0.25) is 0 Å². The number of para-hydroxylation sites is 2. The first-order chi connectivity index (χ1) is 30.8. The molecule has 0 aliphatic carbocycles. The van der Waals surface area contributed by atoms with E-state index in [0.29, 0.717) is 0 Å². The Morgan fingerprint density at radius 3 is 1.39 bits per heavy atom. The molecule has 0 atom stereocenters. The monoisotopic (exact) mass is 790 g/mol. The zero-order valence-electron chi connectivity index (χ0n) is 34.1. The van der Waals surface area contributed by atoms with Gasteiger partial charge in [0.1, 0.15) is 0 Å². The third-order valence-electron chi connectivity index (χ3n) is 12.0. The minimum Gasteiger partial charge on any atom is -0.310 e. The molecule has 0 amide bonds. The maximum atomic E-state index is 2.45. The van der Waals surface area contributed by atoms with Crippen LogP contribution in [0.3, 0.4) is 0 Å². The predicted octanol–water partition coefficient (Wildman–Crippen LogP) is 16.6. The third-order valence-corrected chi connectivity index (χ3v) is 12.0. The number of rotatable bonds is 9. The van der Waals surface area contributed by atoms with Crippen molar-refractivity contribution in [1.29, 1.82) is 0 Å². The molecule has 0 bridgehead atoms. The van der Waals surface area contributed by atoms with Crippen molar-refractivity contribution >= 4 is 38.9 Å². The molecule has 2 heteroatoms. The third kappa shape index (κ3) is 6.74. The van der Waals surface area contributed by atoms with E-state index in [-0.39, 0.29) is 0 Å². The van der Waals surface area contributed by atoms with E-state index in [1.54, 1.807) is 0 Å². The van der Waals surface area contributed by atoms with E-state index < -0.39 is 0 Å². The van der Waals surface area contributed by atoms with Gasteiger partial charge < -0.3 is 9.47 Å². The normalized spacial score (nSPS) is 11.2. The minimum atomic E-state index is 1.06. The molecule has 1 heterocycles. The number of fused-ring (bicyclic) bond motifs is 3. The molecule has 0 unspecified atom stereocenters. The van der Waals surface area contributed by atoms with Gasteiger partial charge in [-0.05, 0) is 105 Å². The molecule has 292 valence electrons. The molecular weight excluding hydrogens is 749 g/mol. The van der Waals surface area contributed by atoms with Crippen LogP contribution in [-0.4, -0.2) is 4.57 Å². The number of anilines is 3. The van der Waals surface area contributed by atoms with Crippen molar-refractivity contribution < 1.29 is 0 Å². The average molecular weight is 791 g/mol. The molecule has 0 aliphatic rings. The number of nitrogens with zero attached hydrogens (tertiary/aromatic N) is 2. The van der Waals surface area contributed by atoms with Gasteiger partial charge in [0.2, 0.25) is 0 Å². The van der Waals surface area contributed by atoms with E-state index in [0.717, 1.165) is 28.3 Å². The van der Waals surface area contributed by atoms with Crippen LogP contribution in [0.25, 0.3) is 83.1 Å². The lowest BCUT2D eigenvalue weighted by Crippen LogP contribution is -2.12. The van der Waals surface area contributed by atoms with Crippen LogP contribution in [0.1, 0.15) is 0 Å². The molecular formula is C60H42N2. The highest BCUT2D eigenvalue weighted by atomic mass is 15.1. The van der Waals surface area contributed by atoms with Crippen LogP contribution in [0, 0.1) is 0 Å². The molecule has 0 radical (unpaired) electrons. The van der Waals surface area contributed by atoms with Gasteiger partial charge in [-0.25, -0.2) is 0 Å². The Kier molecular flexibility index (Phi) is 9.57. The highest BCUT2D eigenvalue weighted by Crippen LogP contribution is 2.48. The maximum Gasteiger partial charge on any atom is 0.0546 e. The molecule has 0 spiro atoms. The van der Waals surface area contributed by atoms with Crippen LogP contribution in [-0.2, 0) is 0 Å². The number of hydrogen-bond acceptors (Lipinski definition) is 1. The Morgan fingerprint density at radius 1 is 0.274 bits per heavy atom. The Morgan fingerprint density at radius 2 is 0.742 bits per heavy atom. The predicted molar refractivity (Wildman–Crippen MR) is 263 cm³/mol. The molecule has 0 saturated carbocycles. The molecule has 0 fully saturated rings. The van der Waals surface area contributed by atoms with E-state index in [1.807, 2.05) is 0 Å².